The van der Waals surface area contributed by atoms with Crippen molar-refractivity contribution in [3.05, 3.63) is 47.5 Å². The van der Waals surface area contributed by atoms with Crippen LogP contribution >= 0.6 is 0 Å². The minimum atomic E-state index is -1.40. The van der Waals surface area contributed by atoms with Gasteiger partial charge in [0, 0.05) is 32.5 Å². The Morgan fingerprint density at radius 3 is 2.89 bits per heavy atom. The highest BCUT2D eigenvalue weighted by Gasteiger charge is 2.19. The summed E-state index contributed by atoms with van der Waals surface area (Å²) in [4.78, 5) is 13.7. The summed E-state index contributed by atoms with van der Waals surface area (Å²) in [6.07, 6.45) is 3.82. The first kappa shape index (κ1) is 18.1. The number of ether oxygens (including phenoxy) is 1. The first-order valence-electron chi connectivity index (χ1n) is 8.89. The largest absolute Gasteiger partial charge is 0.380 e. The molecular formula is C19H21FN4O2S. The van der Waals surface area contributed by atoms with Gasteiger partial charge in [0.15, 0.2) is 5.16 Å². The second-order valence-corrected chi connectivity index (χ2v) is 8.00. The third kappa shape index (κ3) is 3.86. The van der Waals surface area contributed by atoms with Crippen molar-refractivity contribution in [1.82, 2.24) is 15.0 Å². The fourth-order valence-electron chi connectivity index (χ4n) is 3.37. The maximum atomic E-state index is 14.5. The van der Waals surface area contributed by atoms with Gasteiger partial charge in [0.25, 0.3) is 0 Å². The summed E-state index contributed by atoms with van der Waals surface area (Å²) < 4.78 is 32.3. The van der Waals surface area contributed by atoms with Crippen LogP contribution in [0.15, 0.2) is 35.6 Å². The number of imidazole rings is 1. The molecular weight excluding hydrogens is 367 g/mol. The van der Waals surface area contributed by atoms with Crippen LogP contribution < -0.4 is 4.90 Å². The van der Waals surface area contributed by atoms with Gasteiger partial charge in [-0.25, -0.2) is 9.37 Å². The molecule has 3 heterocycles. The van der Waals surface area contributed by atoms with Crippen LogP contribution in [0.5, 0.6) is 0 Å². The zero-order valence-electron chi connectivity index (χ0n) is 15.1. The summed E-state index contributed by atoms with van der Waals surface area (Å²) in [6, 6.07) is 6.91. The lowest BCUT2D eigenvalue weighted by atomic mass is 10.2. The van der Waals surface area contributed by atoms with Gasteiger partial charge in [0.2, 0.25) is 0 Å². The number of nitrogens with one attached hydrogen (secondary N) is 1. The number of hydrogen-bond acceptors (Lipinski definition) is 5. The molecule has 0 amide bonds. The number of anilines is 1. The van der Waals surface area contributed by atoms with Gasteiger partial charge in [-0.3, -0.25) is 9.19 Å². The van der Waals surface area contributed by atoms with Crippen LogP contribution in [0, 0.1) is 5.82 Å². The Balaban J connectivity index is 1.58. The fraction of sp³-hybridized carbons (Fsp3) is 0.368. The third-order valence-corrected chi connectivity index (χ3v) is 5.84. The van der Waals surface area contributed by atoms with E-state index in [2.05, 4.69) is 15.0 Å². The number of methoxy groups -OCH3 is 1. The number of pyridine rings is 1. The zero-order chi connectivity index (χ0) is 18.8. The molecule has 3 aromatic rings. The van der Waals surface area contributed by atoms with Crippen molar-refractivity contribution in [2.24, 2.45) is 0 Å². The van der Waals surface area contributed by atoms with Crippen LogP contribution in [0.2, 0.25) is 0 Å². The lowest BCUT2D eigenvalue weighted by Crippen LogP contribution is -2.18. The molecule has 4 rings (SSSR count). The van der Waals surface area contributed by atoms with Gasteiger partial charge in [-0.1, -0.05) is 0 Å². The predicted octanol–water partition coefficient (Wildman–Crippen LogP) is 3.15. The van der Waals surface area contributed by atoms with Gasteiger partial charge < -0.3 is 14.6 Å². The van der Waals surface area contributed by atoms with E-state index < -0.39 is 10.8 Å². The van der Waals surface area contributed by atoms with Gasteiger partial charge in [0.1, 0.15) is 5.82 Å². The SMILES string of the molecule is COCc1ccnc(CS(=O)c2nc3cc(N4CCCC4)c(F)cc3[nH]2)c1. The summed E-state index contributed by atoms with van der Waals surface area (Å²) in [7, 11) is 0.227. The van der Waals surface area contributed by atoms with Crippen LogP contribution in [-0.4, -0.2) is 39.4 Å². The lowest BCUT2D eigenvalue weighted by Gasteiger charge is -2.17. The number of H-pyrrole nitrogens is 1. The Hall–Kier alpha value is -2.32. The van der Waals surface area contributed by atoms with Crippen LogP contribution in [0.3, 0.4) is 0 Å². The first-order valence-corrected chi connectivity index (χ1v) is 10.2. The number of rotatable bonds is 6. The monoisotopic (exact) mass is 388 g/mol. The Morgan fingerprint density at radius 1 is 1.30 bits per heavy atom. The highest BCUT2D eigenvalue weighted by Crippen LogP contribution is 2.28. The van der Waals surface area contributed by atoms with Crippen molar-refractivity contribution in [3.63, 3.8) is 0 Å². The molecule has 1 N–H and O–H groups in total. The standard InChI is InChI=1S/C19H21FN4O2S/c1-26-11-13-4-5-21-14(8-13)12-27(25)19-22-16-9-15(20)18(10-17(16)23-19)24-6-2-3-7-24/h4-5,8-10H,2-3,6-7,11-12H2,1H3,(H,22,23). The zero-order valence-corrected chi connectivity index (χ0v) is 15.9. The minimum Gasteiger partial charge on any atom is -0.380 e. The average Bonchev–Trinajstić information content (AvgIpc) is 3.31. The molecule has 1 saturated heterocycles. The number of fused-ring (bicyclic) bond motifs is 1. The van der Waals surface area contributed by atoms with Crippen molar-refractivity contribution in [2.45, 2.75) is 30.4 Å². The van der Waals surface area contributed by atoms with Gasteiger partial charge >= 0.3 is 0 Å². The van der Waals surface area contributed by atoms with Crippen LogP contribution in [-0.2, 0) is 27.9 Å². The summed E-state index contributed by atoms with van der Waals surface area (Å²) >= 11 is 0. The summed E-state index contributed by atoms with van der Waals surface area (Å²) in [6.45, 7) is 2.19. The second-order valence-electron chi connectivity index (χ2n) is 6.64. The first-order chi connectivity index (χ1) is 13.1. The smallest absolute Gasteiger partial charge is 0.197 e. The molecule has 6 nitrogen and oxygen atoms in total. The summed E-state index contributed by atoms with van der Waals surface area (Å²) in [5.41, 5.74) is 3.43. The maximum absolute atomic E-state index is 14.5. The number of hydrogen-bond donors (Lipinski definition) is 1. The molecule has 0 aliphatic carbocycles. The summed E-state index contributed by atoms with van der Waals surface area (Å²) in [5.74, 6) is -0.0435. The fourth-order valence-corrected chi connectivity index (χ4v) is 4.36. The molecule has 8 heteroatoms. The van der Waals surface area contributed by atoms with E-state index in [4.69, 9.17) is 4.74 Å². The van der Waals surface area contributed by atoms with Gasteiger partial charge in [-0.15, -0.1) is 0 Å². The molecule has 27 heavy (non-hydrogen) atoms. The van der Waals surface area contributed by atoms with Gasteiger partial charge in [0.05, 0.1) is 45.6 Å². The van der Waals surface area contributed by atoms with Crippen molar-refractivity contribution in [3.8, 4) is 0 Å². The number of halogens is 1. The highest BCUT2D eigenvalue weighted by molar-refractivity contribution is 7.84. The molecule has 0 spiro atoms. The van der Waals surface area contributed by atoms with Crippen molar-refractivity contribution in [1.29, 1.82) is 0 Å². The van der Waals surface area contributed by atoms with Crippen LogP contribution in [0.4, 0.5) is 10.1 Å². The van der Waals surface area contributed by atoms with E-state index in [1.54, 1.807) is 19.4 Å². The molecule has 142 valence electrons. The third-order valence-electron chi connectivity index (χ3n) is 4.66. The highest BCUT2D eigenvalue weighted by atomic mass is 32.2. The van der Waals surface area contributed by atoms with E-state index in [-0.39, 0.29) is 11.6 Å². The van der Waals surface area contributed by atoms with E-state index in [1.807, 2.05) is 17.0 Å². The van der Waals surface area contributed by atoms with Crippen LogP contribution in [0.1, 0.15) is 24.1 Å². The Labute approximate surface area is 159 Å². The molecule has 0 radical (unpaired) electrons. The molecule has 1 unspecified atom stereocenters. The number of aromatic amines is 1. The number of benzene rings is 1. The Morgan fingerprint density at radius 2 is 2.11 bits per heavy atom. The number of nitrogens with zero attached hydrogens (tertiary/aromatic N) is 3. The van der Waals surface area contributed by atoms with Gasteiger partial charge in [-0.2, -0.15) is 0 Å². The topological polar surface area (TPSA) is 71.1 Å². The molecule has 1 atom stereocenters. The van der Waals surface area contributed by atoms with E-state index in [9.17, 15) is 8.60 Å². The molecule has 2 aromatic heterocycles. The van der Waals surface area contributed by atoms with Gasteiger partial charge in [-0.05, 0) is 36.6 Å². The van der Waals surface area contributed by atoms with E-state index in [0.717, 1.165) is 31.5 Å². The predicted molar refractivity (Wildman–Crippen MR) is 103 cm³/mol. The molecule has 1 fully saturated rings. The molecule has 1 aliphatic heterocycles. The minimum absolute atomic E-state index is 0.235. The second kappa shape index (κ2) is 7.74. The average molecular weight is 388 g/mol. The quantitative estimate of drug-likeness (QED) is 0.702. The van der Waals surface area contributed by atoms with E-state index in [1.165, 1.54) is 6.07 Å². The molecule has 0 bridgehead atoms. The van der Waals surface area contributed by atoms with Crippen molar-refractivity contribution < 1.29 is 13.3 Å². The molecule has 1 aliphatic rings. The van der Waals surface area contributed by atoms with Crippen molar-refractivity contribution >= 4 is 27.5 Å². The van der Waals surface area contributed by atoms with Crippen LogP contribution in [0.25, 0.3) is 11.0 Å². The Kier molecular flexibility index (Phi) is 5.18. The van der Waals surface area contributed by atoms with E-state index >= 15 is 0 Å². The normalized spacial score (nSPS) is 15.6. The van der Waals surface area contributed by atoms with E-state index in [0.29, 0.717) is 34.2 Å². The maximum Gasteiger partial charge on any atom is 0.197 e. The Bertz CT molecular complexity index is 985. The van der Waals surface area contributed by atoms with Crippen molar-refractivity contribution in [2.75, 3.05) is 25.1 Å². The summed E-state index contributed by atoms with van der Waals surface area (Å²) in [5, 5.41) is 0.335. The lowest BCUT2D eigenvalue weighted by molar-refractivity contribution is 0.185. The molecule has 1 aromatic carbocycles. The number of aromatic nitrogens is 3. The molecule has 0 saturated carbocycles.